The molecule has 0 amide bonds. The van der Waals surface area contributed by atoms with E-state index in [1.165, 1.54) is 28.4 Å². The fraction of sp³-hybridized carbons (Fsp3) is 0.150. The monoisotopic (exact) mass is 667 g/mol. The predicted molar refractivity (Wildman–Crippen MR) is 191 cm³/mol. The van der Waals surface area contributed by atoms with Gasteiger partial charge in [-0.2, -0.15) is 0 Å². The van der Waals surface area contributed by atoms with Crippen LogP contribution in [0.4, 0.5) is 0 Å². The molecule has 1 atom stereocenters. The van der Waals surface area contributed by atoms with Crippen molar-refractivity contribution < 1.29 is 19.1 Å². The van der Waals surface area contributed by atoms with E-state index in [2.05, 4.69) is 59.3 Å². The molecule has 0 unspecified atom stereocenters. The average Bonchev–Trinajstić information content (AvgIpc) is 3.60. The summed E-state index contributed by atoms with van der Waals surface area (Å²) in [4.78, 5) is 44.5. The number of aromatic nitrogens is 2. The maximum absolute atomic E-state index is 14.3. The van der Waals surface area contributed by atoms with Gasteiger partial charge in [0, 0.05) is 36.1 Å². The molecule has 0 fully saturated rings. The lowest BCUT2D eigenvalue weighted by molar-refractivity contribution is -0.139. The van der Waals surface area contributed by atoms with E-state index in [4.69, 9.17) is 14.5 Å². The minimum absolute atomic E-state index is 0.168. The number of hydrogen-bond donors (Lipinski definition) is 0. The molecule has 49 heavy (non-hydrogen) atoms. The van der Waals surface area contributed by atoms with Gasteiger partial charge in [-0.25, -0.2) is 9.79 Å². The second-order valence-corrected chi connectivity index (χ2v) is 12.8. The normalized spacial score (nSPS) is 14.4. The third kappa shape index (κ3) is 6.28. The van der Waals surface area contributed by atoms with E-state index in [1.54, 1.807) is 38.1 Å². The summed E-state index contributed by atoms with van der Waals surface area (Å²) in [6.45, 7) is 5.62. The van der Waals surface area contributed by atoms with Crippen LogP contribution in [0.25, 0.3) is 28.1 Å². The number of allylic oxidation sites excluding steroid dienone is 1. The molecule has 1 aliphatic heterocycles. The van der Waals surface area contributed by atoms with Crippen molar-refractivity contribution in [2.75, 3.05) is 6.61 Å². The quantitative estimate of drug-likeness (QED) is 0.139. The number of para-hydroxylation sites is 1. The fourth-order valence-electron chi connectivity index (χ4n) is 6.31. The molecule has 2 aromatic heterocycles. The number of hydrogen-bond acceptors (Lipinski definition) is 7. The summed E-state index contributed by atoms with van der Waals surface area (Å²) in [5.41, 5.74) is 6.48. The molecule has 3 heterocycles. The molecular formula is C40H33N3O5S. The molecule has 1 aliphatic rings. The van der Waals surface area contributed by atoms with Gasteiger partial charge in [-0.15, -0.1) is 0 Å². The number of esters is 2. The lowest BCUT2D eigenvalue weighted by atomic mass is 9.95. The Morgan fingerprint density at radius 1 is 0.918 bits per heavy atom. The number of ether oxygens (including phenoxy) is 2. The van der Waals surface area contributed by atoms with E-state index >= 15 is 0 Å². The van der Waals surface area contributed by atoms with Gasteiger partial charge in [0.15, 0.2) is 4.80 Å². The topological polar surface area (TPSA) is 91.9 Å². The number of benzene rings is 4. The number of thiazole rings is 1. The van der Waals surface area contributed by atoms with Gasteiger partial charge in [0.2, 0.25) is 0 Å². The Morgan fingerprint density at radius 3 is 2.41 bits per heavy atom. The Labute approximate surface area is 286 Å². The Kier molecular flexibility index (Phi) is 8.67. The molecule has 0 saturated heterocycles. The standard InChI is InChI=1S/C40H33N3O5S/c1-4-47-39(46)36-25(2)41-40-43(37(36)30-13-10-14-32(21-30)48-26(3)44)38(45)35(49-40)22-31-24-42(34-16-9-8-15-33(31)34)23-27-17-19-29(20-18-27)28-11-6-5-7-12-28/h5-22,24,37H,4,23H2,1-3H3/b35-22-/t37-/m0/s1. The minimum atomic E-state index is -0.826. The van der Waals surface area contributed by atoms with Gasteiger partial charge in [0.1, 0.15) is 5.75 Å². The van der Waals surface area contributed by atoms with E-state index in [1.807, 2.05) is 36.4 Å². The number of fused-ring (bicyclic) bond motifs is 2. The van der Waals surface area contributed by atoms with E-state index in [9.17, 15) is 14.4 Å². The summed E-state index contributed by atoms with van der Waals surface area (Å²) < 4.78 is 15.0. The summed E-state index contributed by atoms with van der Waals surface area (Å²) in [5.74, 6) is -0.713. The molecule has 0 aliphatic carbocycles. The van der Waals surface area contributed by atoms with Gasteiger partial charge in [-0.3, -0.25) is 14.2 Å². The summed E-state index contributed by atoms with van der Waals surface area (Å²) in [5, 5.41) is 1.02. The number of nitrogens with zero attached hydrogens (tertiary/aromatic N) is 3. The maximum Gasteiger partial charge on any atom is 0.338 e. The first-order valence-electron chi connectivity index (χ1n) is 16.0. The summed E-state index contributed by atoms with van der Waals surface area (Å²) in [7, 11) is 0. The van der Waals surface area contributed by atoms with Gasteiger partial charge in [0.05, 0.1) is 28.5 Å². The Hall–Kier alpha value is -5.80. The molecule has 7 rings (SSSR count). The van der Waals surface area contributed by atoms with Crippen LogP contribution in [-0.2, 0) is 20.9 Å². The van der Waals surface area contributed by atoms with Crippen LogP contribution >= 0.6 is 11.3 Å². The number of rotatable bonds is 8. The Morgan fingerprint density at radius 2 is 1.65 bits per heavy atom. The first-order valence-corrected chi connectivity index (χ1v) is 16.8. The lowest BCUT2D eigenvalue weighted by Gasteiger charge is -2.25. The molecule has 0 spiro atoms. The first-order chi connectivity index (χ1) is 23.8. The van der Waals surface area contributed by atoms with E-state index in [0.717, 1.165) is 27.6 Å². The van der Waals surface area contributed by atoms with Crippen molar-refractivity contribution in [2.24, 2.45) is 4.99 Å². The molecule has 244 valence electrons. The predicted octanol–water partition coefficient (Wildman–Crippen LogP) is 6.39. The third-order valence-electron chi connectivity index (χ3n) is 8.47. The molecular weight excluding hydrogens is 635 g/mol. The highest BCUT2D eigenvalue weighted by Gasteiger charge is 2.33. The van der Waals surface area contributed by atoms with E-state index in [-0.39, 0.29) is 17.7 Å². The molecule has 8 nitrogen and oxygen atoms in total. The average molecular weight is 668 g/mol. The van der Waals surface area contributed by atoms with Gasteiger partial charge >= 0.3 is 11.9 Å². The van der Waals surface area contributed by atoms with Crippen molar-refractivity contribution in [2.45, 2.75) is 33.4 Å². The van der Waals surface area contributed by atoms with Gasteiger partial charge in [-0.1, -0.05) is 96.3 Å². The minimum Gasteiger partial charge on any atom is -0.463 e. The number of carbonyl (C=O) groups is 2. The van der Waals surface area contributed by atoms with Crippen LogP contribution in [0.1, 0.15) is 43.5 Å². The molecule has 0 bridgehead atoms. The van der Waals surface area contributed by atoms with Crippen LogP contribution in [0, 0.1) is 0 Å². The highest BCUT2D eigenvalue weighted by atomic mass is 32.1. The summed E-state index contributed by atoms with van der Waals surface area (Å²) >= 11 is 1.27. The van der Waals surface area contributed by atoms with E-state index in [0.29, 0.717) is 32.9 Å². The van der Waals surface area contributed by atoms with Crippen molar-refractivity contribution >= 4 is 40.3 Å². The van der Waals surface area contributed by atoms with Crippen molar-refractivity contribution in [1.82, 2.24) is 9.13 Å². The molecule has 4 aromatic carbocycles. The van der Waals surface area contributed by atoms with Gasteiger partial charge in [-0.05, 0) is 60.4 Å². The highest BCUT2D eigenvalue weighted by molar-refractivity contribution is 7.07. The fourth-order valence-corrected chi connectivity index (χ4v) is 7.35. The zero-order chi connectivity index (χ0) is 34.1. The molecule has 0 radical (unpaired) electrons. The summed E-state index contributed by atoms with van der Waals surface area (Å²) in [6.07, 6.45) is 3.97. The van der Waals surface area contributed by atoms with Crippen LogP contribution in [0.5, 0.6) is 5.75 Å². The van der Waals surface area contributed by atoms with Crippen molar-refractivity contribution in [3.8, 4) is 16.9 Å². The highest BCUT2D eigenvalue weighted by Crippen LogP contribution is 2.32. The Bertz CT molecular complexity index is 2440. The molecule has 6 aromatic rings. The third-order valence-corrected chi connectivity index (χ3v) is 9.46. The van der Waals surface area contributed by atoms with Gasteiger partial charge < -0.3 is 14.0 Å². The number of carbonyl (C=O) groups excluding carboxylic acids is 2. The molecule has 9 heteroatoms. The summed E-state index contributed by atoms with van der Waals surface area (Å²) in [6, 6.07) is 33.0. The van der Waals surface area contributed by atoms with Crippen molar-refractivity contribution in [3.63, 3.8) is 0 Å². The van der Waals surface area contributed by atoms with Crippen molar-refractivity contribution in [1.29, 1.82) is 0 Å². The Balaban J connectivity index is 1.31. The maximum atomic E-state index is 14.3. The molecule has 0 saturated carbocycles. The van der Waals surface area contributed by atoms with Gasteiger partial charge in [0.25, 0.3) is 5.56 Å². The van der Waals surface area contributed by atoms with Crippen LogP contribution < -0.4 is 19.6 Å². The largest absolute Gasteiger partial charge is 0.463 e. The zero-order valence-corrected chi connectivity index (χ0v) is 28.1. The molecule has 0 N–H and O–H groups in total. The SMILES string of the molecule is CCOC(=O)C1=C(C)N=c2s/c(=C\c3cn(Cc4ccc(-c5ccccc5)cc4)c4ccccc34)c(=O)n2[C@H]1c1cccc(OC(C)=O)c1. The van der Waals surface area contributed by atoms with Crippen LogP contribution in [-0.4, -0.2) is 27.7 Å². The van der Waals surface area contributed by atoms with Crippen molar-refractivity contribution in [3.05, 3.63) is 157 Å². The van der Waals surface area contributed by atoms with Crippen LogP contribution in [0.2, 0.25) is 0 Å². The second kappa shape index (κ2) is 13.4. The zero-order valence-electron chi connectivity index (χ0n) is 27.3. The van der Waals surface area contributed by atoms with E-state index < -0.39 is 18.0 Å². The van der Waals surface area contributed by atoms with Crippen LogP contribution in [0.15, 0.2) is 130 Å². The van der Waals surface area contributed by atoms with Crippen LogP contribution in [0.3, 0.4) is 0 Å². The smallest absolute Gasteiger partial charge is 0.338 e. The first kappa shape index (κ1) is 31.8. The second-order valence-electron chi connectivity index (χ2n) is 11.8. The lowest BCUT2D eigenvalue weighted by Crippen LogP contribution is -2.39.